The lowest BCUT2D eigenvalue weighted by Crippen LogP contribution is -2.33. The highest BCUT2D eigenvalue weighted by Gasteiger charge is 2.31. The molecule has 1 saturated carbocycles. The highest BCUT2D eigenvalue weighted by Crippen LogP contribution is 2.46. The summed E-state index contributed by atoms with van der Waals surface area (Å²) in [4.78, 5) is 4.22. The molecule has 1 unspecified atom stereocenters. The number of rotatable bonds is 6. The Kier molecular flexibility index (Phi) is 6.53. The lowest BCUT2D eigenvalue weighted by Gasteiger charge is -2.30. The van der Waals surface area contributed by atoms with Crippen LogP contribution in [0.4, 0.5) is 4.39 Å². The quantitative estimate of drug-likeness (QED) is 0.530. The number of nitriles is 1. The zero-order chi connectivity index (χ0) is 23.7. The Morgan fingerprint density at radius 2 is 2.06 bits per heavy atom. The first-order valence-electron chi connectivity index (χ1n) is 11.8. The fraction of sp³-hybridized carbons (Fsp3) is 0.440. The van der Waals surface area contributed by atoms with Gasteiger partial charge in [0.25, 0.3) is 0 Å². The Bertz CT molecular complexity index is 1250. The van der Waals surface area contributed by atoms with E-state index >= 15 is 0 Å². The van der Waals surface area contributed by atoms with Gasteiger partial charge in [-0.25, -0.2) is 14.1 Å². The van der Waals surface area contributed by atoms with Crippen LogP contribution in [-0.4, -0.2) is 37.1 Å². The summed E-state index contributed by atoms with van der Waals surface area (Å²) in [6.45, 7) is 5.30. The number of thioether (sulfide) groups is 1. The molecule has 3 aromatic rings. The van der Waals surface area contributed by atoms with E-state index in [1.807, 2.05) is 12.4 Å². The molecule has 1 N–H and O–H groups in total. The number of nitrogens with one attached hydrogen (secondary N) is 1. The second-order valence-corrected chi connectivity index (χ2v) is 10.1. The van der Waals surface area contributed by atoms with Crippen LogP contribution in [0.5, 0.6) is 0 Å². The van der Waals surface area contributed by atoms with E-state index in [1.165, 1.54) is 17.8 Å². The molecule has 34 heavy (non-hydrogen) atoms. The van der Waals surface area contributed by atoms with Crippen molar-refractivity contribution < 1.29 is 4.39 Å². The Morgan fingerprint density at radius 3 is 2.79 bits per heavy atom. The zero-order valence-corrected chi connectivity index (χ0v) is 20.2. The number of pyridine rings is 1. The van der Waals surface area contributed by atoms with Crippen LogP contribution in [0, 0.1) is 24.1 Å². The molecule has 1 atom stereocenters. The topological polar surface area (TPSA) is 84.4 Å². The van der Waals surface area contributed by atoms with Crippen LogP contribution in [-0.2, 0) is 0 Å². The smallest absolute Gasteiger partial charge is 0.155 e. The second kappa shape index (κ2) is 9.72. The van der Waals surface area contributed by atoms with E-state index in [1.54, 1.807) is 23.1 Å². The lowest BCUT2D eigenvalue weighted by molar-refractivity contribution is 0.276. The molecule has 0 radical (unpaired) electrons. The van der Waals surface area contributed by atoms with Crippen molar-refractivity contribution in [2.75, 3.05) is 6.54 Å². The van der Waals surface area contributed by atoms with E-state index in [-0.39, 0.29) is 11.1 Å². The second-order valence-electron chi connectivity index (χ2n) is 8.91. The van der Waals surface area contributed by atoms with Crippen LogP contribution in [0.25, 0.3) is 11.8 Å². The number of fused-ring (bicyclic) bond motifs is 1. The summed E-state index contributed by atoms with van der Waals surface area (Å²) in [6.07, 6.45) is 12.3. The molecule has 1 aliphatic carbocycles. The fourth-order valence-corrected chi connectivity index (χ4v) is 6.35. The maximum atomic E-state index is 14.4. The van der Waals surface area contributed by atoms with Gasteiger partial charge in [0.1, 0.15) is 11.1 Å². The lowest BCUT2D eigenvalue weighted by atomic mass is 9.91. The van der Waals surface area contributed by atoms with Crippen LogP contribution in [0.3, 0.4) is 0 Å². The molecule has 176 valence electrons. The molecule has 7 nitrogen and oxygen atoms in total. The first-order valence-corrected chi connectivity index (χ1v) is 12.7. The zero-order valence-electron chi connectivity index (χ0n) is 19.4. The summed E-state index contributed by atoms with van der Waals surface area (Å²) in [5.41, 5.74) is 4.60. The van der Waals surface area contributed by atoms with Crippen LogP contribution in [0.15, 0.2) is 35.7 Å². The van der Waals surface area contributed by atoms with Gasteiger partial charge >= 0.3 is 0 Å². The Balaban J connectivity index is 1.43. The predicted octanol–water partition coefficient (Wildman–Crippen LogP) is 5.12. The Hall–Kier alpha value is -2.96. The van der Waals surface area contributed by atoms with E-state index in [2.05, 4.69) is 40.0 Å². The molecule has 0 bridgehead atoms. The molecule has 9 heteroatoms. The van der Waals surface area contributed by atoms with Crippen molar-refractivity contribution in [1.29, 1.82) is 5.26 Å². The minimum absolute atomic E-state index is 0.181. The summed E-state index contributed by atoms with van der Waals surface area (Å²) in [6, 6.07) is 6.24. The van der Waals surface area contributed by atoms with Crippen LogP contribution in [0.2, 0.25) is 0 Å². The van der Waals surface area contributed by atoms with Gasteiger partial charge in [-0.15, -0.1) is 0 Å². The molecule has 1 aliphatic heterocycles. The van der Waals surface area contributed by atoms with Crippen LogP contribution < -0.4 is 5.32 Å². The molecule has 0 spiro atoms. The molecular formula is C25H28FN7S. The van der Waals surface area contributed by atoms with E-state index in [4.69, 9.17) is 5.10 Å². The molecule has 1 fully saturated rings. The molecular weight excluding hydrogens is 449 g/mol. The number of allylic oxidation sites excluding steroid dienone is 1. The average molecular weight is 478 g/mol. The third-order valence-corrected chi connectivity index (χ3v) is 8.05. The van der Waals surface area contributed by atoms with Crippen molar-refractivity contribution in [1.82, 2.24) is 29.9 Å². The first-order chi connectivity index (χ1) is 16.6. The number of aromatic nitrogens is 5. The van der Waals surface area contributed by atoms with Crippen molar-refractivity contribution in [3.8, 4) is 6.07 Å². The molecule has 3 aromatic heterocycles. The molecule has 0 saturated heterocycles. The van der Waals surface area contributed by atoms with Gasteiger partial charge < -0.3 is 5.32 Å². The summed E-state index contributed by atoms with van der Waals surface area (Å²) in [7, 11) is 0. The van der Waals surface area contributed by atoms with Crippen molar-refractivity contribution in [3.63, 3.8) is 0 Å². The molecule has 5 rings (SSSR count). The summed E-state index contributed by atoms with van der Waals surface area (Å²) in [5.74, 6) is -0.356. The van der Waals surface area contributed by atoms with Crippen LogP contribution in [0.1, 0.15) is 72.8 Å². The van der Waals surface area contributed by atoms with Gasteiger partial charge in [-0.3, -0.25) is 4.68 Å². The minimum atomic E-state index is -0.356. The number of hydrogen-bond acceptors (Lipinski definition) is 6. The maximum absolute atomic E-state index is 14.4. The Labute approximate surface area is 203 Å². The summed E-state index contributed by atoms with van der Waals surface area (Å²) in [5, 5.41) is 22.5. The monoisotopic (exact) mass is 477 g/mol. The Morgan fingerprint density at radius 1 is 1.24 bits per heavy atom. The minimum Gasteiger partial charge on any atom is -0.314 e. The SMILES string of the molecule is CCN[C@H]1CC[C@@H](n2ncc(C3=Cn4ncc(C#N)c4C(Sc4ncccc4F)C3)c2C)CC1. The van der Waals surface area contributed by atoms with Crippen molar-refractivity contribution in [2.45, 2.75) is 68.3 Å². The van der Waals surface area contributed by atoms with Gasteiger partial charge in [0.15, 0.2) is 5.82 Å². The van der Waals surface area contributed by atoms with E-state index in [0.29, 0.717) is 29.1 Å². The van der Waals surface area contributed by atoms with E-state index < -0.39 is 0 Å². The molecule has 0 amide bonds. The average Bonchev–Trinajstić information content (AvgIpc) is 3.44. The van der Waals surface area contributed by atoms with Crippen molar-refractivity contribution in [2.24, 2.45) is 0 Å². The van der Waals surface area contributed by atoms with E-state index in [9.17, 15) is 9.65 Å². The standard InChI is InChI=1S/C25H28FN7S/c1-3-28-19-6-8-20(9-7-19)33-16(2)21(14-31-33)17-11-23(34-25-22(26)5-4-10-29-25)24-18(12-27)13-30-32(24)15-17/h4-5,10,13-15,19-20,23,28H,3,6-9,11H2,1-2H3/t19-,20+,23?. The highest BCUT2D eigenvalue weighted by atomic mass is 32.2. The number of hydrogen-bond donors (Lipinski definition) is 1. The molecule has 2 aliphatic rings. The maximum Gasteiger partial charge on any atom is 0.155 e. The van der Waals surface area contributed by atoms with Gasteiger partial charge in [-0.2, -0.15) is 15.5 Å². The largest absolute Gasteiger partial charge is 0.314 e. The van der Waals surface area contributed by atoms with Gasteiger partial charge in [-0.1, -0.05) is 18.7 Å². The van der Waals surface area contributed by atoms with Crippen LogP contribution >= 0.6 is 11.8 Å². The highest BCUT2D eigenvalue weighted by molar-refractivity contribution is 7.99. The first kappa shape index (κ1) is 22.8. The normalized spacial score (nSPS) is 22.2. The third kappa shape index (κ3) is 4.28. The van der Waals surface area contributed by atoms with Gasteiger partial charge in [0.05, 0.1) is 34.9 Å². The van der Waals surface area contributed by atoms with E-state index in [0.717, 1.165) is 54.8 Å². The molecule has 0 aromatic carbocycles. The summed E-state index contributed by atoms with van der Waals surface area (Å²) >= 11 is 1.34. The predicted molar refractivity (Wildman–Crippen MR) is 130 cm³/mol. The fourth-order valence-electron chi connectivity index (χ4n) is 5.17. The van der Waals surface area contributed by atoms with Gasteiger partial charge in [0.2, 0.25) is 0 Å². The van der Waals surface area contributed by atoms with Crippen molar-refractivity contribution >= 4 is 23.5 Å². The number of halogens is 1. The van der Waals surface area contributed by atoms with Gasteiger partial charge in [0, 0.05) is 29.7 Å². The third-order valence-electron chi connectivity index (χ3n) is 6.85. The number of nitrogens with zero attached hydrogens (tertiary/aromatic N) is 6. The summed E-state index contributed by atoms with van der Waals surface area (Å²) < 4.78 is 18.3. The van der Waals surface area contributed by atoms with Crippen molar-refractivity contribution in [3.05, 3.63) is 59.1 Å². The van der Waals surface area contributed by atoms with Gasteiger partial charge in [-0.05, 0) is 63.3 Å². The molecule has 4 heterocycles.